The molecule has 0 aromatic carbocycles. The van der Waals surface area contributed by atoms with Gasteiger partial charge in [0.2, 0.25) is 0 Å². The Labute approximate surface area is 168 Å². The second-order valence-electron chi connectivity index (χ2n) is 9.00. The lowest BCUT2D eigenvalue weighted by atomic mass is 9.79. The number of rotatable bonds is 10. The minimum Gasteiger partial charge on any atom is -0.417 e. The van der Waals surface area contributed by atoms with Crippen LogP contribution in [0.25, 0.3) is 0 Å². The van der Waals surface area contributed by atoms with Gasteiger partial charge in [0.05, 0.1) is 0 Å². The van der Waals surface area contributed by atoms with Gasteiger partial charge < -0.3 is 8.61 Å². The maximum Gasteiger partial charge on any atom is 0.534 e. The Morgan fingerprint density at radius 3 is 2.36 bits per heavy atom. The first-order chi connectivity index (χ1) is 12.6. The molecular formula is C19H33F3O4SSi. The van der Waals surface area contributed by atoms with Crippen molar-refractivity contribution < 1.29 is 30.2 Å². The standard InChI is InChI=1S/C19H33F3O4SSi/c1-7-8-11-18(12-9-14-25-28(5,6)17(2,3)4)13-10-16(15-18)26-27(23,24)19(20,21)22/h7,15H,1,8-14H2,2-6H3/t18-/m1/s1. The molecule has 0 heterocycles. The van der Waals surface area contributed by atoms with Gasteiger partial charge >= 0.3 is 15.6 Å². The second kappa shape index (κ2) is 8.91. The summed E-state index contributed by atoms with van der Waals surface area (Å²) in [6, 6.07) is 0. The van der Waals surface area contributed by atoms with Gasteiger partial charge in [-0.05, 0) is 61.7 Å². The normalized spacial score (nSPS) is 21.5. The van der Waals surface area contributed by atoms with Crippen molar-refractivity contribution in [3.05, 3.63) is 24.5 Å². The van der Waals surface area contributed by atoms with Gasteiger partial charge in [-0.2, -0.15) is 21.6 Å². The first kappa shape index (κ1) is 25.2. The second-order valence-corrected chi connectivity index (χ2v) is 15.3. The third-order valence-corrected chi connectivity index (χ3v) is 11.3. The van der Waals surface area contributed by atoms with Crippen LogP contribution in [0.5, 0.6) is 0 Å². The van der Waals surface area contributed by atoms with E-state index in [1.807, 2.05) is 0 Å². The van der Waals surface area contributed by atoms with Gasteiger partial charge in [-0.1, -0.05) is 26.8 Å². The van der Waals surface area contributed by atoms with Crippen LogP contribution in [-0.4, -0.2) is 28.9 Å². The number of hydrogen-bond acceptors (Lipinski definition) is 4. The SMILES string of the molecule is C=CCC[C@]1(CCCO[Si](C)(C)C(C)(C)C)C=C(OS(=O)(=O)C(F)(F)F)CC1. The highest BCUT2D eigenvalue weighted by atomic mass is 32.2. The van der Waals surface area contributed by atoms with E-state index in [4.69, 9.17) is 4.43 Å². The van der Waals surface area contributed by atoms with E-state index < -0.39 is 23.9 Å². The molecule has 0 amide bonds. The van der Waals surface area contributed by atoms with E-state index in [0.29, 0.717) is 32.3 Å². The minimum atomic E-state index is -5.62. The average Bonchev–Trinajstić information content (AvgIpc) is 2.90. The van der Waals surface area contributed by atoms with Gasteiger partial charge in [0.15, 0.2) is 8.32 Å². The Morgan fingerprint density at radius 2 is 1.86 bits per heavy atom. The fraction of sp³-hybridized carbons (Fsp3) is 0.789. The quantitative estimate of drug-likeness (QED) is 0.131. The molecule has 0 spiro atoms. The molecule has 0 unspecified atom stereocenters. The van der Waals surface area contributed by atoms with Crippen LogP contribution < -0.4 is 0 Å². The van der Waals surface area contributed by atoms with Crippen molar-refractivity contribution in [2.75, 3.05) is 6.61 Å². The van der Waals surface area contributed by atoms with Crippen molar-refractivity contribution >= 4 is 18.4 Å². The third-order valence-electron chi connectivity index (χ3n) is 5.77. The van der Waals surface area contributed by atoms with Gasteiger partial charge in [0.25, 0.3) is 0 Å². The molecule has 0 aliphatic heterocycles. The molecular weight excluding hydrogens is 409 g/mol. The summed E-state index contributed by atoms with van der Waals surface area (Å²) >= 11 is 0. The fourth-order valence-electron chi connectivity index (χ4n) is 2.99. The molecule has 0 radical (unpaired) electrons. The minimum absolute atomic E-state index is 0.105. The lowest BCUT2D eigenvalue weighted by molar-refractivity contribution is -0.0522. The monoisotopic (exact) mass is 442 g/mol. The van der Waals surface area contributed by atoms with E-state index in [1.54, 1.807) is 12.2 Å². The molecule has 1 atom stereocenters. The van der Waals surface area contributed by atoms with Gasteiger partial charge in [-0.25, -0.2) is 0 Å². The number of alkyl halides is 3. The van der Waals surface area contributed by atoms with Crippen LogP contribution in [-0.2, 0) is 18.7 Å². The van der Waals surface area contributed by atoms with Crippen LogP contribution >= 0.6 is 0 Å². The summed E-state index contributed by atoms with van der Waals surface area (Å²) in [7, 11) is -7.48. The maximum absolute atomic E-state index is 12.6. The van der Waals surface area contributed by atoms with Gasteiger partial charge in [-0.3, -0.25) is 0 Å². The zero-order valence-electron chi connectivity index (χ0n) is 17.5. The molecule has 0 bridgehead atoms. The van der Waals surface area contributed by atoms with Crippen LogP contribution in [0.15, 0.2) is 24.5 Å². The number of allylic oxidation sites excluding steroid dienone is 3. The lowest BCUT2D eigenvalue weighted by Crippen LogP contribution is -2.41. The van der Waals surface area contributed by atoms with E-state index in [0.717, 1.165) is 6.42 Å². The predicted octanol–water partition coefficient (Wildman–Crippen LogP) is 6.28. The van der Waals surface area contributed by atoms with Crippen LogP contribution in [0, 0.1) is 5.41 Å². The lowest BCUT2D eigenvalue weighted by Gasteiger charge is -2.36. The highest BCUT2D eigenvalue weighted by Gasteiger charge is 2.49. The molecule has 1 aliphatic carbocycles. The van der Waals surface area contributed by atoms with E-state index in [2.05, 4.69) is 44.6 Å². The molecule has 9 heteroatoms. The van der Waals surface area contributed by atoms with Gasteiger partial charge in [0, 0.05) is 13.0 Å². The predicted molar refractivity (Wildman–Crippen MR) is 108 cm³/mol. The summed E-state index contributed by atoms with van der Waals surface area (Å²) in [6.45, 7) is 15.1. The van der Waals surface area contributed by atoms with Crippen molar-refractivity contribution in [1.29, 1.82) is 0 Å². The summed E-state index contributed by atoms with van der Waals surface area (Å²) in [6.07, 6.45) is 6.90. The topological polar surface area (TPSA) is 52.6 Å². The summed E-state index contributed by atoms with van der Waals surface area (Å²) in [5, 5.41) is 0.105. The number of halogens is 3. The summed E-state index contributed by atoms with van der Waals surface area (Å²) in [4.78, 5) is 0. The van der Waals surface area contributed by atoms with E-state index >= 15 is 0 Å². The molecule has 0 N–H and O–H groups in total. The Balaban J connectivity index is 2.80. The van der Waals surface area contributed by atoms with Gasteiger partial charge in [0.1, 0.15) is 5.76 Å². The van der Waals surface area contributed by atoms with Crippen LogP contribution in [0.3, 0.4) is 0 Å². The Bertz CT molecular complexity index is 678. The smallest absolute Gasteiger partial charge is 0.417 e. The zero-order valence-corrected chi connectivity index (χ0v) is 19.3. The highest BCUT2D eigenvalue weighted by Crippen LogP contribution is 2.45. The van der Waals surface area contributed by atoms with E-state index in [9.17, 15) is 21.6 Å². The molecule has 1 aliphatic rings. The molecule has 28 heavy (non-hydrogen) atoms. The van der Waals surface area contributed by atoms with Crippen LogP contribution in [0.2, 0.25) is 18.1 Å². The molecule has 164 valence electrons. The Hall–Kier alpha value is -0.803. The summed E-state index contributed by atoms with van der Waals surface area (Å²) < 4.78 is 70.8. The molecule has 0 fully saturated rings. The first-order valence-corrected chi connectivity index (χ1v) is 13.8. The Kier molecular flexibility index (Phi) is 8.03. The summed E-state index contributed by atoms with van der Waals surface area (Å²) in [5.41, 5.74) is -5.81. The molecule has 1 rings (SSSR count). The molecule has 4 nitrogen and oxygen atoms in total. The Morgan fingerprint density at radius 1 is 1.25 bits per heavy atom. The largest absolute Gasteiger partial charge is 0.534 e. The van der Waals surface area contributed by atoms with Crippen molar-refractivity contribution in [3.8, 4) is 0 Å². The zero-order chi connectivity index (χ0) is 21.9. The van der Waals surface area contributed by atoms with Crippen molar-refractivity contribution in [2.45, 2.75) is 82.9 Å². The molecule has 0 aromatic rings. The average molecular weight is 443 g/mol. The van der Waals surface area contributed by atoms with Crippen molar-refractivity contribution in [1.82, 2.24) is 0 Å². The fourth-order valence-corrected chi connectivity index (χ4v) is 4.58. The van der Waals surface area contributed by atoms with Crippen LogP contribution in [0.1, 0.15) is 59.3 Å². The third kappa shape index (κ3) is 6.62. The number of hydrogen-bond donors (Lipinski definition) is 0. The maximum atomic E-state index is 12.6. The highest BCUT2D eigenvalue weighted by molar-refractivity contribution is 7.87. The van der Waals surface area contributed by atoms with Crippen molar-refractivity contribution in [3.63, 3.8) is 0 Å². The van der Waals surface area contributed by atoms with Crippen molar-refractivity contribution in [2.24, 2.45) is 5.41 Å². The van der Waals surface area contributed by atoms with Gasteiger partial charge in [-0.15, -0.1) is 6.58 Å². The summed E-state index contributed by atoms with van der Waals surface area (Å²) in [5.74, 6) is -0.119. The van der Waals surface area contributed by atoms with E-state index in [-0.39, 0.29) is 22.6 Å². The molecule has 0 saturated heterocycles. The van der Waals surface area contributed by atoms with E-state index in [1.165, 1.54) is 0 Å². The van der Waals surface area contributed by atoms with Crippen LogP contribution in [0.4, 0.5) is 13.2 Å². The first-order valence-electron chi connectivity index (χ1n) is 9.53. The molecule has 0 aromatic heterocycles. The molecule has 0 saturated carbocycles.